The number of ether oxygens (including phenoxy) is 1. The number of aromatic nitrogens is 2. The van der Waals surface area contributed by atoms with Crippen molar-refractivity contribution in [2.24, 2.45) is 5.92 Å². The smallest absolute Gasteiger partial charge is 0.410 e. The molecule has 0 saturated carbocycles. The van der Waals surface area contributed by atoms with E-state index in [9.17, 15) is 9.59 Å². The number of fused-ring (bicyclic) bond motifs is 1. The molecule has 7 heteroatoms. The molecule has 1 aromatic heterocycles. The van der Waals surface area contributed by atoms with Crippen LogP contribution in [-0.2, 0) is 17.7 Å². The largest absolute Gasteiger partial charge is 0.444 e. The Morgan fingerprint density at radius 2 is 1.84 bits per heavy atom. The van der Waals surface area contributed by atoms with Crippen molar-refractivity contribution in [3.05, 3.63) is 17.0 Å². The fourth-order valence-corrected chi connectivity index (χ4v) is 3.34. The Bertz CT molecular complexity index is 654. The van der Waals surface area contributed by atoms with Gasteiger partial charge >= 0.3 is 6.09 Å². The molecule has 25 heavy (non-hydrogen) atoms. The molecule has 1 N–H and O–H groups in total. The van der Waals surface area contributed by atoms with Crippen molar-refractivity contribution in [3.8, 4) is 0 Å². The first-order chi connectivity index (χ1) is 11.7. The van der Waals surface area contributed by atoms with E-state index in [4.69, 9.17) is 4.74 Å². The maximum atomic E-state index is 12.8. The molecule has 0 radical (unpaired) electrons. The predicted octanol–water partition coefficient (Wildman–Crippen LogP) is 2.58. The highest BCUT2D eigenvalue weighted by Crippen LogP contribution is 2.24. The number of piperidine rings is 1. The van der Waals surface area contributed by atoms with Crippen LogP contribution in [0.25, 0.3) is 0 Å². The predicted molar refractivity (Wildman–Crippen MR) is 93.2 cm³/mol. The first kappa shape index (κ1) is 17.8. The minimum absolute atomic E-state index is 0.00937. The van der Waals surface area contributed by atoms with Gasteiger partial charge in [0.25, 0.3) is 5.91 Å². The summed E-state index contributed by atoms with van der Waals surface area (Å²) in [7, 11) is 0. The molecule has 0 unspecified atom stereocenters. The van der Waals surface area contributed by atoms with Gasteiger partial charge in [0.2, 0.25) is 0 Å². The average Bonchev–Trinajstić information content (AvgIpc) is 2.96. The summed E-state index contributed by atoms with van der Waals surface area (Å²) in [6.07, 6.45) is 2.39. The van der Waals surface area contributed by atoms with Crippen molar-refractivity contribution in [1.29, 1.82) is 0 Å². The van der Waals surface area contributed by atoms with Crippen LogP contribution >= 0.6 is 0 Å². The van der Waals surface area contributed by atoms with E-state index in [-0.39, 0.29) is 12.0 Å². The molecule has 0 atom stereocenters. The van der Waals surface area contributed by atoms with Crippen molar-refractivity contribution in [2.45, 2.75) is 59.1 Å². The summed E-state index contributed by atoms with van der Waals surface area (Å²) in [6, 6.07) is 0. The number of hydrogen-bond donors (Lipinski definition) is 1. The highest BCUT2D eigenvalue weighted by molar-refractivity contribution is 5.94. The lowest BCUT2D eigenvalue weighted by Crippen LogP contribution is -2.41. The van der Waals surface area contributed by atoms with Gasteiger partial charge in [0.1, 0.15) is 5.60 Å². The third-order valence-corrected chi connectivity index (χ3v) is 4.86. The van der Waals surface area contributed by atoms with Gasteiger partial charge < -0.3 is 14.5 Å². The number of likely N-dealkylation sites (tertiary alicyclic amines) is 1. The number of carbonyl (C=O) groups is 2. The van der Waals surface area contributed by atoms with Crippen LogP contribution in [0.1, 0.15) is 62.3 Å². The molecule has 0 aromatic carbocycles. The molecule has 3 heterocycles. The lowest BCUT2D eigenvalue weighted by Gasteiger charge is -2.31. The SMILES string of the molecule is CC1CCN(C(=O)c2n[nH]c3c2CCN(C(=O)OC(C)(C)C)C3)CC1. The monoisotopic (exact) mass is 348 g/mol. The molecule has 1 aromatic rings. The quantitative estimate of drug-likeness (QED) is 0.846. The summed E-state index contributed by atoms with van der Waals surface area (Å²) in [5.41, 5.74) is 1.79. The van der Waals surface area contributed by atoms with Gasteiger partial charge in [0, 0.05) is 25.2 Å². The third-order valence-electron chi connectivity index (χ3n) is 4.86. The van der Waals surface area contributed by atoms with E-state index in [1.807, 2.05) is 25.7 Å². The lowest BCUT2D eigenvalue weighted by molar-refractivity contribution is 0.0221. The molecule has 2 aliphatic heterocycles. The average molecular weight is 348 g/mol. The first-order valence-electron chi connectivity index (χ1n) is 9.08. The molecular formula is C18H28N4O3. The maximum absolute atomic E-state index is 12.8. The summed E-state index contributed by atoms with van der Waals surface area (Å²) in [5.74, 6) is 0.689. The summed E-state index contributed by atoms with van der Waals surface area (Å²) in [6.45, 7) is 10.3. The van der Waals surface area contributed by atoms with E-state index < -0.39 is 5.60 Å². The van der Waals surface area contributed by atoms with Gasteiger partial charge in [-0.1, -0.05) is 6.92 Å². The lowest BCUT2D eigenvalue weighted by atomic mass is 9.98. The summed E-state index contributed by atoms with van der Waals surface area (Å²) < 4.78 is 5.43. The van der Waals surface area contributed by atoms with Crippen LogP contribution in [0.4, 0.5) is 4.79 Å². The van der Waals surface area contributed by atoms with E-state index in [2.05, 4.69) is 17.1 Å². The molecule has 3 rings (SSSR count). The minimum Gasteiger partial charge on any atom is -0.444 e. The van der Waals surface area contributed by atoms with E-state index >= 15 is 0 Å². The van der Waals surface area contributed by atoms with Gasteiger partial charge in [-0.05, 0) is 46.0 Å². The van der Waals surface area contributed by atoms with E-state index in [0.717, 1.165) is 37.2 Å². The molecule has 138 valence electrons. The molecule has 1 fully saturated rings. The second-order valence-corrected chi connectivity index (χ2v) is 8.16. The fourth-order valence-electron chi connectivity index (χ4n) is 3.34. The number of hydrogen-bond acceptors (Lipinski definition) is 4. The number of H-pyrrole nitrogens is 1. The van der Waals surface area contributed by atoms with Crippen molar-refractivity contribution < 1.29 is 14.3 Å². The zero-order chi connectivity index (χ0) is 18.2. The molecule has 0 bridgehead atoms. The molecule has 1 saturated heterocycles. The van der Waals surface area contributed by atoms with Crippen LogP contribution in [0, 0.1) is 5.92 Å². The standard InChI is InChI=1S/C18H28N4O3/c1-12-5-8-21(9-6-12)16(23)15-13-7-10-22(11-14(13)19-20-15)17(24)25-18(2,3)4/h12H,5-11H2,1-4H3,(H,19,20). The number of carbonyl (C=O) groups excluding carboxylic acids is 2. The zero-order valence-corrected chi connectivity index (χ0v) is 15.6. The van der Waals surface area contributed by atoms with Crippen molar-refractivity contribution >= 4 is 12.0 Å². The van der Waals surface area contributed by atoms with Crippen LogP contribution < -0.4 is 0 Å². The van der Waals surface area contributed by atoms with Crippen molar-refractivity contribution in [2.75, 3.05) is 19.6 Å². The summed E-state index contributed by atoms with van der Waals surface area (Å²) >= 11 is 0. The van der Waals surface area contributed by atoms with Gasteiger partial charge in [-0.3, -0.25) is 9.89 Å². The number of nitrogens with one attached hydrogen (secondary N) is 1. The minimum atomic E-state index is -0.516. The van der Waals surface area contributed by atoms with Crippen LogP contribution in [0.15, 0.2) is 0 Å². The molecule has 0 aliphatic carbocycles. The second-order valence-electron chi connectivity index (χ2n) is 8.16. The first-order valence-corrected chi connectivity index (χ1v) is 9.08. The molecule has 2 aliphatic rings. The number of amides is 2. The van der Waals surface area contributed by atoms with Crippen LogP contribution in [0.5, 0.6) is 0 Å². The Labute approximate surface area is 148 Å². The van der Waals surface area contributed by atoms with Crippen LogP contribution in [0.2, 0.25) is 0 Å². The third kappa shape index (κ3) is 3.96. The number of rotatable bonds is 1. The van der Waals surface area contributed by atoms with Crippen molar-refractivity contribution in [3.63, 3.8) is 0 Å². The Morgan fingerprint density at radius 1 is 1.16 bits per heavy atom. The van der Waals surface area contributed by atoms with Gasteiger partial charge in [0.15, 0.2) is 5.69 Å². The number of aromatic amines is 1. The van der Waals surface area contributed by atoms with Crippen LogP contribution in [0.3, 0.4) is 0 Å². The molecular weight excluding hydrogens is 320 g/mol. The van der Waals surface area contributed by atoms with E-state index in [1.165, 1.54) is 0 Å². The topological polar surface area (TPSA) is 78.5 Å². The summed E-state index contributed by atoms with van der Waals surface area (Å²) in [4.78, 5) is 28.6. The van der Waals surface area contributed by atoms with Crippen molar-refractivity contribution in [1.82, 2.24) is 20.0 Å². The fraction of sp³-hybridized carbons (Fsp3) is 0.722. The Morgan fingerprint density at radius 3 is 2.48 bits per heavy atom. The molecule has 0 spiro atoms. The van der Waals surface area contributed by atoms with Gasteiger partial charge in [-0.15, -0.1) is 0 Å². The van der Waals surface area contributed by atoms with E-state index in [1.54, 1.807) is 4.90 Å². The number of nitrogens with zero attached hydrogens (tertiary/aromatic N) is 3. The molecule has 7 nitrogen and oxygen atoms in total. The Hall–Kier alpha value is -2.05. The highest BCUT2D eigenvalue weighted by Gasteiger charge is 2.32. The van der Waals surface area contributed by atoms with Gasteiger partial charge in [0.05, 0.1) is 12.2 Å². The van der Waals surface area contributed by atoms with Gasteiger partial charge in [-0.25, -0.2) is 4.79 Å². The highest BCUT2D eigenvalue weighted by atomic mass is 16.6. The maximum Gasteiger partial charge on any atom is 0.410 e. The molecule has 2 amide bonds. The van der Waals surface area contributed by atoms with Gasteiger partial charge in [-0.2, -0.15) is 5.10 Å². The van der Waals surface area contributed by atoms with E-state index in [0.29, 0.717) is 31.1 Å². The Kier molecular flexibility index (Phi) is 4.75. The van der Waals surface area contributed by atoms with Crippen LogP contribution in [-0.4, -0.2) is 57.2 Å². The Balaban J connectivity index is 1.68. The normalized spacial score (nSPS) is 18.9. The summed E-state index contributed by atoms with van der Waals surface area (Å²) in [5, 5.41) is 7.22. The second kappa shape index (κ2) is 6.69. The zero-order valence-electron chi connectivity index (χ0n) is 15.6.